The van der Waals surface area contributed by atoms with Gasteiger partial charge >= 0.3 is 6.18 Å². The smallest absolute Gasteiger partial charge is 0.335 e. The molecule has 3 N–H and O–H groups in total. The summed E-state index contributed by atoms with van der Waals surface area (Å²) < 4.78 is 69.7. The molecule has 222 valence electrons. The number of nitrogens with one attached hydrogen (secondary N) is 3. The molecule has 16 heteroatoms. The Hall–Kier alpha value is -3.43. The quantitative estimate of drug-likeness (QED) is 0.243. The third-order valence-electron chi connectivity index (χ3n) is 6.64. The van der Waals surface area contributed by atoms with Gasteiger partial charge in [-0.15, -0.1) is 0 Å². The van der Waals surface area contributed by atoms with E-state index in [1.54, 1.807) is 5.01 Å². The maximum Gasteiger partial charge on any atom is 0.416 e. The van der Waals surface area contributed by atoms with Gasteiger partial charge in [0.15, 0.2) is 10.7 Å². The molecule has 5 rings (SSSR count). The van der Waals surface area contributed by atoms with Crippen molar-refractivity contribution in [3.63, 3.8) is 0 Å². The highest BCUT2D eigenvalue weighted by Gasteiger charge is 2.32. The first kappa shape index (κ1) is 30.0. The number of nitrogens with zero attached hydrogens (tertiary/aromatic N) is 4. The Morgan fingerprint density at radius 2 is 1.76 bits per heavy atom. The molecule has 0 spiro atoms. The SMILES string of the molecule is O=C(NN1CCCCC1)c1nn(-c2ccc(Cl)cc2Cl)c(-c2ccc(C(F)(F)F)cc2)c1CNS(=O)(=O)c1cnc[nH]1. The molecule has 10 nitrogen and oxygen atoms in total. The maximum atomic E-state index is 13.6. The monoisotopic (exact) mass is 641 g/mol. The summed E-state index contributed by atoms with van der Waals surface area (Å²) in [6, 6.07) is 8.75. The van der Waals surface area contributed by atoms with E-state index in [2.05, 4.69) is 25.2 Å². The minimum Gasteiger partial charge on any atom is -0.335 e. The topological polar surface area (TPSA) is 125 Å². The van der Waals surface area contributed by atoms with Crippen molar-refractivity contribution < 1.29 is 26.4 Å². The van der Waals surface area contributed by atoms with Gasteiger partial charge in [-0.1, -0.05) is 41.8 Å². The van der Waals surface area contributed by atoms with Gasteiger partial charge in [-0.2, -0.15) is 18.3 Å². The van der Waals surface area contributed by atoms with E-state index in [1.165, 1.54) is 41.3 Å². The van der Waals surface area contributed by atoms with Crippen molar-refractivity contribution in [2.45, 2.75) is 37.0 Å². The zero-order valence-electron chi connectivity index (χ0n) is 21.8. The van der Waals surface area contributed by atoms with E-state index in [-0.39, 0.29) is 38.3 Å². The number of carbonyl (C=O) groups is 1. The molecule has 1 amide bonds. The molecule has 1 fully saturated rings. The lowest BCUT2D eigenvalue weighted by Gasteiger charge is -2.26. The summed E-state index contributed by atoms with van der Waals surface area (Å²) in [5.74, 6) is -0.621. The Kier molecular flexibility index (Phi) is 8.62. The van der Waals surface area contributed by atoms with Crippen LogP contribution in [-0.2, 0) is 22.7 Å². The number of sulfonamides is 1. The highest BCUT2D eigenvalue weighted by Crippen LogP contribution is 2.36. The molecule has 0 unspecified atom stereocenters. The molecular weight excluding hydrogens is 618 g/mol. The number of benzene rings is 2. The number of alkyl halides is 3. The van der Waals surface area contributed by atoms with Gasteiger partial charge < -0.3 is 4.98 Å². The normalized spacial score (nSPS) is 14.7. The molecule has 0 bridgehead atoms. The van der Waals surface area contributed by atoms with E-state index in [0.717, 1.165) is 37.6 Å². The van der Waals surface area contributed by atoms with Crippen LogP contribution in [-0.4, -0.2) is 52.2 Å². The molecule has 1 aliphatic heterocycles. The number of piperidine rings is 1. The van der Waals surface area contributed by atoms with E-state index in [0.29, 0.717) is 18.1 Å². The molecule has 4 aromatic rings. The number of carbonyl (C=O) groups excluding carboxylic acids is 1. The average Bonchev–Trinajstić information content (AvgIpc) is 3.62. The molecule has 3 heterocycles. The number of aromatic amines is 1. The van der Waals surface area contributed by atoms with Crippen LogP contribution >= 0.6 is 23.2 Å². The number of rotatable bonds is 8. The first-order valence-electron chi connectivity index (χ1n) is 12.7. The summed E-state index contributed by atoms with van der Waals surface area (Å²) in [5.41, 5.74) is 2.56. The van der Waals surface area contributed by atoms with Crippen molar-refractivity contribution in [3.05, 3.63) is 81.9 Å². The number of imidazole rings is 1. The van der Waals surface area contributed by atoms with Crippen LogP contribution < -0.4 is 10.1 Å². The first-order valence-corrected chi connectivity index (χ1v) is 15.0. The molecule has 0 saturated carbocycles. The molecule has 0 aliphatic carbocycles. The highest BCUT2D eigenvalue weighted by molar-refractivity contribution is 7.89. The van der Waals surface area contributed by atoms with Crippen LogP contribution in [0, 0.1) is 0 Å². The van der Waals surface area contributed by atoms with Gasteiger partial charge in [-0.05, 0) is 43.2 Å². The zero-order chi connectivity index (χ0) is 30.1. The molecule has 2 aromatic carbocycles. The number of hydrogen-bond donors (Lipinski definition) is 3. The van der Waals surface area contributed by atoms with Crippen molar-refractivity contribution in [2.24, 2.45) is 0 Å². The van der Waals surface area contributed by atoms with Crippen molar-refractivity contribution >= 4 is 39.1 Å². The molecule has 0 radical (unpaired) electrons. The number of halogens is 5. The van der Waals surface area contributed by atoms with Crippen LogP contribution in [0.25, 0.3) is 16.9 Å². The maximum absolute atomic E-state index is 13.6. The van der Waals surface area contributed by atoms with Gasteiger partial charge in [-0.3, -0.25) is 10.2 Å². The van der Waals surface area contributed by atoms with Crippen molar-refractivity contribution in [2.75, 3.05) is 13.1 Å². The van der Waals surface area contributed by atoms with Gasteiger partial charge in [0.1, 0.15) is 0 Å². The second-order valence-corrected chi connectivity index (χ2v) is 12.1. The van der Waals surface area contributed by atoms with Crippen LogP contribution in [0.1, 0.15) is 40.9 Å². The average molecular weight is 642 g/mol. The highest BCUT2D eigenvalue weighted by atomic mass is 35.5. The lowest BCUT2D eigenvalue weighted by molar-refractivity contribution is -0.137. The Balaban J connectivity index is 1.67. The lowest BCUT2D eigenvalue weighted by atomic mass is 10.0. The predicted molar refractivity (Wildman–Crippen MR) is 150 cm³/mol. The summed E-state index contributed by atoms with van der Waals surface area (Å²) in [6.45, 7) is 0.789. The predicted octanol–water partition coefficient (Wildman–Crippen LogP) is 5.20. The van der Waals surface area contributed by atoms with Crippen LogP contribution in [0.15, 0.2) is 60.0 Å². The molecular formula is C26H24Cl2F3N7O3S. The largest absolute Gasteiger partial charge is 0.416 e. The molecule has 42 heavy (non-hydrogen) atoms. The summed E-state index contributed by atoms with van der Waals surface area (Å²) in [7, 11) is -4.12. The minimum absolute atomic E-state index is 0.110. The summed E-state index contributed by atoms with van der Waals surface area (Å²) in [5, 5.41) is 6.52. The number of hydrogen-bond acceptors (Lipinski definition) is 6. The zero-order valence-corrected chi connectivity index (χ0v) is 24.1. The minimum atomic E-state index is -4.58. The van der Waals surface area contributed by atoms with E-state index in [4.69, 9.17) is 23.2 Å². The van der Waals surface area contributed by atoms with Gasteiger partial charge in [0.05, 0.1) is 34.5 Å². The van der Waals surface area contributed by atoms with Crippen LogP contribution in [0.2, 0.25) is 10.0 Å². The van der Waals surface area contributed by atoms with E-state index in [1.807, 2.05) is 0 Å². The van der Waals surface area contributed by atoms with Gasteiger partial charge in [0, 0.05) is 35.8 Å². The van der Waals surface area contributed by atoms with Crippen LogP contribution in [0.5, 0.6) is 0 Å². The van der Waals surface area contributed by atoms with Crippen molar-refractivity contribution in [1.82, 2.24) is 34.9 Å². The van der Waals surface area contributed by atoms with Gasteiger partial charge in [0.2, 0.25) is 0 Å². The Morgan fingerprint density at radius 3 is 2.38 bits per heavy atom. The van der Waals surface area contributed by atoms with E-state index in [9.17, 15) is 26.4 Å². The number of amides is 1. The van der Waals surface area contributed by atoms with Crippen LogP contribution in [0.3, 0.4) is 0 Å². The third-order valence-corrected chi connectivity index (χ3v) is 8.50. The number of H-pyrrole nitrogens is 1. The molecule has 0 atom stereocenters. The second kappa shape index (κ2) is 12.1. The fourth-order valence-electron chi connectivity index (χ4n) is 4.58. The van der Waals surface area contributed by atoms with Crippen molar-refractivity contribution in [1.29, 1.82) is 0 Å². The second-order valence-electron chi connectivity index (χ2n) is 9.49. The molecule has 2 aromatic heterocycles. The first-order chi connectivity index (χ1) is 19.9. The lowest BCUT2D eigenvalue weighted by Crippen LogP contribution is -2.45. The van der Waals surface area contributed by atoms with Crippen molar-refractivity contribution in [3.8, 4) is 16.9 Å². The number of aromatic nitrogens is 4. The van der Waals surface area contributed by atoms with E-state index < -0.39 is 34.2 Å². The standard InChI is InChI=1S/C26H24Cl2F3N7O3S/c27-18-8-9-21(20(28)12-18)38-24(16-4-6-17(7-5-16)26(29,30)31)19(13-34-42(40,41)22-14-32-15-33-22)23(35-38)25(39)36-37-10-2-1-3-11-37/h4-9,12,14-15,34H,1-3,10-11,13H2,(H,32,33)(H,36,39). The van der Waals surface area contributed by atoms with Crippen LogP contribution in [0.4, 0.5) is 13.2 Å². The Bertz CT molecular complexity index is 1690. The summed E-state index contributed by atoms with van der Waals surface area (Å²) >= 11 is 12.6. The summed E-state index contributed by atoms with van der Waals surface area (Å²) in [4.78, 5) is 19.9. The number of hydrazine groups is 1. The Labute approximate surface area is 248 Å². The van der Waals surface area contributed by atoms with E-state index >= 15 is 0 Å². The Morgan fingerprint density at radius 1 is 1.05 bits per heavy atom. The third kappa shape index (κ3) is 6.47. The summed E-state index contributed by atoms with van der Waals surface area (Å²) in [6.07, 6.45) is 0.501. The molecule has 1 aliphatic rings. The van der Waals surface area contributed by atoms with Gasteiger partial charge in [-0.25, -0.2) is 27.8 Å². The molecule has 1 saturated heterocycles. The fraction of sp³-hybridized carbons (Fsp3) is 0.269. The van der Waals surface area contributed by atoms with Gasteiger partial charge in [0.25, 0.3) is 15.9 Å². The fourth-order valence-corrected chi connectivity index (χ4v) is 5.96.